The summed E-state index contributed by atoms with van der Waals surface area (Å²) in [7, 11) is 0. The monoisotopic (exact) mass is 201 g/mol. The lowest BCUT2D eigenvalue weighted by atomic mass is 9.68. The number of nitrogen functional groups attached to an aromatic ring is 1. The Morgan fingerprint density at radius 3 is 2.53 bits per heavy atom. The molecule has 0 atom stereocenters. The molecule has 0 aliphatic heterocycles. The molecule has 1 fully saturated rings. The van der Waals surface area contributed by atoms with Gasteiger partial charge >= 0.3 is 0 Å². The molecule has 1 heteroatoms. The minimum atomic E-state index is 0.471. The lowest BCUT2D eigenvalue weighted by molar-refractivity contribution is 0.371. The van der Waals surface area contributed by atoms with Crippen molar-refractivity contribution in [3.8, 4) is 0 Å². The van der Waals surface area contributed by atoms with Gasteiger partial charge in [-0.25, -0.2) is 0 Å². The molecule has 2 aliphatic carbocycles. The van der Waals surface area contributed by atoms with Gasteiger partial charge in [0.25, 0.3) is 0 Å². The highest BCUT2D eigenvalue weighted by Gasteiger charge is 2.39. The molecule has 0 aromatic heterocycles. The summed E-state index contributed by atoms with van der Waals surface area (Å²) in [6, 6.07) is 6.48. The fourth-order valence-corrected chi connectivity index (χ4v) is 3.77. The van der Waals surface area contributed by atoms with Crippen molar-refractivity contribution in [2.24, 2.45) is 0 Å². The molecule has 2 aliphatic rings. The first-order valence-corrected chi connectivity index (χ1v) is 6.20. The SMILES string of the molecule is Nc1cccc2c1C1(CCCC1)CCC2. The van der Waals surface area contributed by atoms with Gasteiger partial charge < -0.3 is 5.73 Å². The third-order valence-corrected chi connectivity index (χ3v) is 4.38. The van der Waals surface area contributed by atoms with Gasteiger partial charge in [0.1, 0.15) is 0 Å². The van der Waals surface area contributed by atoms with E-state index in [4.69, 9.17) is 5.73 Å². The van der Waals surface area contributed by atoms with E-state index in [-0.39, 0.29) is 0 Å². The van der Waals surface area contributed by atoms with Crippen molar-refractivity contribution in [3.63, 3.8) is 0 Å². The van der Waals surface area contributed by atoms with Gasteiger partial charge in [-0.15, -0.1) is 0 Å². The average molecular weight is 201 g/mol. The predicted octanol–water partition coefficient (Wildman–Crippen LogP) is 3.42. The van der Waals surface area contributed by atoms with Crippen LogP contribution in [0.3, 0.4) is 0 Å². The zero-order valence-corrected chi connectivity index (χ0v) is 9.26. The molecule has 0 radical (unpaired) electrons. The molecular formula is C14H19N. The van der Waals surface area contributed by atoms with E-state index in [0.717, 1.165) is 5.69 Å². The second kappa shape index (κ2) is 3.26. The molecule has 1 aromatic carbocycles. The summed E-state index contributed by atoms with van der Waals surface area (Å²) in [5.41, 5.74) is 10.8. The van der Waals surface area contributed by atoms with Crippen LogP contribution < -0.4 is 5.73 Å². The van der Waals surface area contributed by atoms with Gasteiger partial charge in [0.15, 0.2) is 0 Å². The number of nitrogens with two attached hydrogens (primary N) is 1. The average Bonchev–Trinajstić information content (AvgIpc) is 2.67. The van der Waals surface area contributed by atoms with Crippen molar-refractivity contribution in [1.82, 2.24) is 0 Å². The van der Waals surface area contributed by atoms with Gasteiger partial charge in [0.2, 0.25) is 0 Å². The van der Waals surface area contributed by atoms with Gasteiger partial charge in [0, 0.05) is 5.69 Å². The van der Waals surface area contributed by atoms with E-state index in [1.165, 1.54) is 56.1 Å². The zero-order valence-electron chi connectivity index (χ0n) is 9.26. The second-order valence-corrected chi connectivity index (χ2v) is 5.22. The van der Waals surface area contributed by atoms with E-state index in [1.54, 1.807) is 0 Å². The number of benzene rings is 1. The Balaban J connectivity index is 2.16. The first kappa shape index (κ1) is 9.26. The van der Waals surface area contributed by atoms with Crippen molar-refractivity contribution in [3.05, 3.63) is 29.3 Å². The molecule has 15 heavy (non-hydrogen) atoms. The van der Waals surface area contributed by atoms with Gasteiger partial charge in [-0.1, -0.05) is 25.0 Å². The Morgan fingerprint density at radius 2 is 1.73 bits per heavy atom. The van der Waals surface area contributed by atoms with E-state index in [1.807, 2.05) is 0 Å². The van der Waals surface area contributed by atoms with Gasteiger partial charge in [-0.05, 0) is 54.7 Å². The third kappa shape index (κ3) is 1.29. The molecule has 0 bridgehead atoms. The van der Waals surface area contributed by atoms with Crippen molar-refractivity contribution < 1.29 is 0 Å². The van der Waals surface area contributed by atoms with Crippen LogP contribution in [0, 0.1) is 0 Å². The molecule has 3 rings (SSSR count). The highest BCUT2D eigenvalue weighted by atomic mass is 14.6. The topological polar surface area (TPSA) is 26.0 Å². The summed E-state index contributed by atoms with van der Waals surface area (Å²) < 4.78 is 0. The number of rotatable bonds is 0. The highest BCUT2D eigenvalue weighted by molar-refractivity contribution is 5.56. The minimum absolute atomic E-state index is 0.471. The Morgan fingerprint density at radius 1 is 1.00 bits per heavy atom. The third-order valence-electron chi connectivity index (χ3n) is 4.38. The normalized spacial score (nSPS) is 22.9. The van der Waals surface area contributed by atoms with Crippen LogP contribution in [-0.4, -0.2) is 0 Å². The van der Waals surface area contributed by atoms with Gasteiger partial charge in [-0.2, -0.15) is 0 Å². The van der Waals surface area contributed by atoms with Crippen LogP contribution in [0.1, 0.15) is 49.7 Å². The summed E-state index contributed by atoms with van der Waals surface area (Å²) in [6.45, 7) is 0. The molecular weight excluding hydrogens is 182 g/mol. The smallest absolute Gasteiger partial charge is 0.0355 e. The Bertz CT molecular complexity index is 375. The molecule has 1 nitrogen and oxygen atoms in total. The Kier molecular flexibility index (Phi) is 2.01. The maximum Gasteiger partial charge on any atom is 0.0355 e. The van der Waals surface area contributed by atoms with Crippen LogP contribution in [0.25, 0.3) is 0 Å². The largest absolute Gasteiger partial charge is 0.398 e. The van der Waals surface area contributed by atoms with Crippen molar-refractivity contribution in [2.45, 2.75) is 50.4 Å². The first-order valence-electron chi connectivity index (χ1n) is 6.20. The quantitative estimate of drug-likeness (QED) is 0.639. The standard InChI is InChI=1S/C14H19N/c15-12-7-3-5-11-6-4-10-14(13(11)12)8-1-2-9-14/h3,5,7H,1-2,4,6,8-10,15H2. The highest BCUT2D eigenvalue weighted by Crippen LogP contribution is 2.50. The van der Waals surface area contributed by atoms with Crippen LogP contribution in [0.2, 0.25) is 0 Å². The maximum absolute atomic E-state index is 6.20. The number of hydrogen-bond donors (Lipinski definition) is 1. The van der Waals surface area contributed by atoms with E-state index in [9.17, 15) is 0 Å². The zero-order chi connectivity index (χ0) is 10.3. The molecule has 1 spiro atoms. The molecule has 0 unspecified atom stereocenters. The van der Waals surface area contributed by atoms with Crippen LogP contribution in [0.5, 0.6) is 0 Å². The van der Waals surface area contributed by atoms with E-state index >= 15 is 0 Å². The van der Waals surface area contributed by atoms with Crippen molar-refractivity contribution >= 4 is 5.69 Å². The maximum atomic E-state index is 6.20. The lowest BCUT2D eigenvalue weighted by Gasteiger charge is -2.37. The van der Waals surface area contributed by atoms with Crippen LogP contribution in [0.4, 0.5) is 5.69 Å². The van der Waals surface area contributed by atoms with Gasteiger partial charge in [0.05, 0.1) is 0 Å². The van der Waals surface area contributed by atoms with Crippen molar-refractivity contribution in [2.75, 3.05) is 5.73 Å². The minimum Gasteiger partial charge on any atom is -0.398 e. The number of aryl methyl sites for hydroxylation is 1. The number of hydrogen-bond acceptors (Lipinski definition) is 1. The fourth-order valence-electron chi connectivity index (χ4n) is 3.77. The number of fused-ring (bicyclic) bond motifs is 2. The van der Waals surface area contributed by atoms with Crippen molar-refractivity contribution in [1.29, 1.82) is 0 Å². The summed E-state index contributed by atoms with van der Waals surface area (Å²) in [4.78, 5) is 0. The number of anilines is 1. The Labute approximate surface area is 91.7 Å². The van der Waals surface area contributed by atoms with Crippen LogP contribution in [0.15, 0.2) is 18.2 Å². The second-order valence-electron chi connectivity index (χ2n) is 5.22. The lowest BCUT2D eigenvalue weighted by Crippen LogP contribution is -2.28. The molecule has 1 saturated carbocycles. The molecule has 2 N–H and O–H groups in total. The molecule has 0 heterocycles. The summed E-state index contributed by atoms with van der Waals surface area (Å²) in [6.07, 6.45) is 9.50. The molecule has 0 amide bonds. The van der Waals surface area contributed by atoms with Gasteiger partial charge in [-0.3, -0.25) is 0 Å². The molecule has 0 saturated heterocycles. The molecule has 1 aromatic rings. The predicted molar refractivity (Wildman–Crippen MR) is 63.9 cm³/mol. The van der Waals surface area contributed by atoms with E-state index < -0.39 is 0 Å². The summed E-state index contributed by atoms with van der Waals surface area (Å²) >= 11 is 0. The van der Waals surface area contributed by atoms with Crippen LogP contribution >= 0.6 is 0 Å². The van der Waals surface area contributed by atoms with Crippen LogP contribution in [-0.2, 0) is 11.8 Å². The summed E-state index contributed by atoms with van der Waals surface area (Å²) in [5, 5.41) is 0. The Hall–Kier alpha value is -0.980. The first-order chi connectivity index (χ1) is 7.32. The van der Waals surface area contributed by atoms with E-state index in [2.05, 4.69) is 18.2 Å². The molecule has 80 valence electrons. The fraction of sp³-hybridized carbons (Fsp3) is 0.571. The van der Waals surface area contributed by atoms with E-state index in [0.29, 0.717) is 5.41 Å². The summed E-state index contributed by atoms with van der Waals surface area (Å²) in [5.74, 6) is 0.